The number of hydrogen-bond donors (Lipinski definition) is 1. The minimum Gasteiger partial charge on any atom is -0.496 e. The third-order valence-electron chi connectivity index (χ3n) is 7.72. The summed E-state index contributed by atoms with van der Waals surface area (Å²) >= 11 is 0. The van der Waals surface area contributed by atoms with E-state index in [1.807, 2.05) is 80.3 Å². The van der Waals surface area contributed by atoms with Crippen LogP contribution >= 0.6 is 0 Å². The number of aromatic nitrogens is 3. The highest BCUT2D eigenvalue weighted by Gasteiger charge is 2.27. The lowest BCUT2D eigenvalue weighted by Gasteiger charge is -2.35. The fourth-order valence-corrected chi connectivity index (χ4v) is 5.58. The number of methoxy groups -OCH3 is 1. The molecule has 6 rings (SSSR count). The fraction of sp³-hybridized carbons (Fsp3) is 0.281. The Kier molecular flexibility index (Phi) is 6.62. The highest BCUT2D eigenvalue weighted by atomic mass is 19.1. The Labute approximate surface area is 232 Å². The molecule has 5 aromatic rings. The van der Waals surface area contributed by atoms with Gasteiger partial charge in [0.15, 0.2) is 11.6 Å². The lowest BCUT2D eigenvalue weighted by Crippen LogP contribution is -2.49. The van der Waals surface area contributed by atoms with E-state index in [1.54, 1.807) is 13.2 Å². The van der Waals surface area contributed by atoms with Crippen LogP contribution in [0.1, 0.15) is 41.5 Å². The average molecular weight is 538 g/mol. The Hall–Kier alpha value is -4.46. The molecule has 40 heavy (non-hydrogen) atoms. The van der Waals surface area contributed by atoms with E-state index in [0.29, 0.717) is 54.1 Å². The quantitative estimate of drug-likeness (QED) is 0.284. The monoisotopic (exact) mass is 537 g/mol. The minimum absolute atomic E-state index is 0.0324. The molecule has 8 heteroatoms. The highest BCUT2D eigenvalue weighted by Crippen LogP contribution is 2.39. The maximum atomic E-state index is 15.7. The number of fused-ring (bicyclic) bond motifs is 2. The predicted octanol–water partition coefficient (Wildman–Crippen LogP) is 6.32. The molecule has 0 atom stereocenters. The molecule has 0 bridgehead atoms. The second-order valence-electron chi connectivity index (χ2n) is 10.6. The number of rotatable bonds is 5. The summed E-state index contributed by atoms with van der Waals surface area (Å²) in [4.78, 5) is 30.3. The largest absolute Gasteiger partial charge is 0.496 e. The standard InChI is InChI=1S/C32H32FN5O2/c1-19(2)22-17-23(21-9-5-8-12-28(21)40-4)24-18-27(35-30(24)29(22)33)32(39)38-15-13-37(14-16-38)31-20(3)34-25-10-6-7-11-26(25)36-31/h5-12,17-19,35H,13-16H2,1-4H3. The van der Waals surface area contributed by atoms with Gasteiger partial charge in [0.1, 0.15) is 11.4 Å². The molecule has 1 amide bonds. The van der Waals surface area contributed by atoms with E-state index in [-0.39, 0.29) is 17.6 Å². The van der Waals surface area contributed by atoms with Gasteiger partial charge in [0.25, 0.3) is 5.91 Å². The van der Waals surface area contributed by atoms with Crippen molar-refractivity contribution < 1.29 is 13.9 Å². The summed E-state index contributed by atoms with van der Waals surface area (Å²) in [5.41, 5.74) is 5.60. The summed E-state index contributed by atoms with van der Waals surface area (Å²) in [6.45, 7) is 8.23. The van der Waals surface area contributed by atoms with Crippen LogP contribution in [-0.4, -0.2) is 59.0 Å². The van der Waals surface area contributed by atoms with Crippen LogP contribution in [0.25, 0.3) is 33.1 Å². The minimum atomic E-state index is -0.321. The molecular formula is C32H32FN5O2. The molecule has 1 N–H and O–H groups in total. The second kappa shape index (κ2) is 10.3. The Morgan fingerprint density at radius 2 is 1.62 bits per heavy atom. The van der Waals surface area contributed by atoms with E-state index in [0.717, 1.165) is 33.7 Å². The van der Waals surface area contributed by atoms with E-state index in [2.05, 4.69) is 9.88 Å². The van der Waals surface area contributed by atoms with Crippen LogP contribution in [0.3, 0.4) is 0 Å². The van der Waals surface area contributed by atoms with Crippen LogP contribution in [0.15, 0.2) is 60.7 Å². The summed E-state index contributed by atoms with van der Waals surface area (Å²) in [7, 11) is 1.62. The summed E-state index contributed by atoms with van der Waals surface area (Å²) in [6, 6.07) is 19.2. The van der Waals surface area contributed by atoms with Gasteiger partial charge in [-0.3, -0.25) is 4.79 Å². The number of ether oxygens (including phenoxy) is 1. The number of carbonyl (C=O) groups is 1. The fourth-order valence-electron chi connectivity index (χ4n) is 5.58. The highest BCUT2D eigenvalue weighted by molar-refractivity contribution is 6.04. The first-order valence-corrected chi connectivity index (χ1v) is 13.6. The molecule has 0 radical (unpaired) electrons. The lowest BCUT2D eigenvalue weighted by atomic mass is 9.93. The Morgan fingerprint density at radius 1 is 0.950 bits per heavy atom. The maximum absolute atomic E-state index is 15.7. The van der Waals surface area contributed by atoms with Crippen molar-refractivity contribution in [1.82, 2.24) is 19.9 Å². The number of amides is 1. The SMILES string of the molecule is COc1ccccc1-c1cc(C(C)C)c(F)c2[nH]c(C(=O)N3CCN(c4nc5ccccc5nc4C)CC3)cc12. The van der Waals surface area contributed by atoms with E-state index >= 15 is 4.39 Å². The van der Waals surface area contributed by atoms with E-state index in [4.69, 9.17) is 14.7 Å². The van der Waals surface area contributed by atoms with Gasteiger partial charge in [-0.05, 0) is 54.3 Å². The second-order valence-corrected chi connectivity index (χ2v) is 10.6. The van der Waals surface area contributed by atoms with Crippen LogP contribution in [0.2, 0.25) is 0 Å². The number of hydrogen-bond acceptors (Lipinski definition) is 5. The number of nitrogens with one attached hydrogen (secondary N) is 1. The summed E-state index contributed by atoms with van der Waals surface area (Å²) in [5, 5.41) is 0.662. The molecule has 7 nitrogen and oxygen atoms in total. The van der Waals surface area contributed by atoms with Gasteiger partial charge in [0.05, 0.1) is 29.4 Å². The molecule has 0 aliphatic carbocycles. The van der Waals surface area contributed by atoms with Gasteiger partial charge in [-0.1, -0.05) is 44.2 Å². The molecule has 0 unspecified atom stereocenters. The molecule has 1 saturated heterocycles. The first-order valence-electron chi connectivity index (χ1n) is 13.6. The van der Waals surface area contributed by atoms with Crippen LogP contribution in [-0.2, 0) is 0 Å². The Morgan fingerprint density at radius 3 is 2.33 bits per heavy atom. The van der Waals surface area contributed by atoms with Crippen LogP contribution < -0.4 is 9.64 Å². The molecule has 3 aromatic carbocycles. The van der Waals surface area contributed by atoms with Gasteiger partial charge in [-0.25, -0.2) is 14.4 Å². The maximum Gasteiger partial charge on any atom is 0.270 e. The molecule has 2 aromatic heterocycles. The number of para-hydroxylation sites is 3. The van der Waals surface area contributed by atoms with Gasteiger partial charge in [0, 0.05) is 37.1 Å². The zero-order chi connectivity index (χ0) is 28.0. The third-order valence-corrected chi connectivity index (χ3v) is 7.72. The smallest absolute Gasteiger partial charge is 0.270 e. The summed E-state index contributed by atoms with van der Waals surface area (Å²) in [5.74, 6) is 1.05. The zero-order valence-corrected chi connectivity index (χ0v) is 23.2. The Bertz CT molecular complexity index is 1740. The lowest BCUT2D eigenvalue weighted by molar-refractivity contribution is 0.0741. The number of nitrogens with zero attached hydrogens (tertiary/aromatic N) is 4. The number of anilines is 1. The molecule has 204 valence electrons. The van der Waals surface area contributed by atoms with Gasteiger partial charge >= 0.3 is 0 Å². The van der Waals surface area contributed by atoms with Crippen molar-refractivity contribution in [3.8, 4) is 16.9 Å². The molecule has 0 spiro atoms. The van der Waals surface area contributed by atoms with Gasteiger partial charge in [0.2, 0.25) is 0 Å². The van der Waals surface area contributed by atoms with E-state index in [1.165, 1.54) is 0 Å². The van der Waals surface area contributed by atoms with Crippen molar-refractivity contribution in [2.75, 3.05) is 38.2 Å². The van der Waals surface area contributed by atoms with Crippen LogP contribution in [0, 0.1) is 12.7 Å². The Balaban J connectivity index is 1.30. The van der Waals surface area contributed by atoms with Gasteiger partial charge < -0.3 is 19.5 Å². The summed E-state index contributed by atoms with van der Waals surface area (Å²) in [6.07, 6.45) is 0. The third kappa shape index (κ3) is 4.43. The zero-order valence-electron chi connectivity index (χ0n) is 23.2. The first-order chi connectivity index (χ1) is 19.4. The number of H-pyrrole nitrogens is 1. The summed E-state index contributed by atoms with van der Waals surface area (Å²) < 4.78 is 21.3. The van der Waals surface area contributed by atoms with Crippen molar-refractivity contribution in [1.29, 1.82) is 0 Å². The topological polar surface area (TPSA) is 74.4 Å². The molecule has 1 aliphatic rings. The van der Waals surface area contributed by atoms with Crippen LogP contribution in [0.5, 0.6) is 5.75 Å². The van der Waals surface area contributed by atoms with Crippen molar-refractivity contribution >= 4 is 33.7 Å². The van der Waals surface area contributed by atoms with Crippen molar-refractivity contribution in [2.24, 2.45) is 0 Å². The van der Waals surface area contributed by atoms with E-state index in [9.17, 15) is 4.79 Å². The van der Waals surface area contributed by atoms with Crippen LogP contribution in [0.4, 0.5) is 10.2 Å². The molecule has 1 fully saturated rings. The molecule has 3 heterocycles. The first kappa shape index (κ1) is 25.8. The van der Waals surface area contributed by atoms with Crippen molar-refractivity contribution in [3.63, 3.8) is 0 Å². The number of carbonyl (C=O) groups excluding carboxylic acids is 1. The number of piperazine rings is 1. The number of aromatic amines is 1. The van der Waals surface area contributed by atoms with Crippen molar-refractivity contribution in [2.45, 2.75) is 26.7 Å². The van der Waals surface area contributed by atoms with Gasteiger partial charge in [-0.2, -0.15) is 0 Å². The number of aryl methyl sites for hydroxylation is 1. The van der Waals surface area contributed by atoms with Crippen molar-refractivity contribution in [3.05, 3.63) is 83.4 Å². The molecular weight excluding hydrogens is 505 g/mol. The average Bonchev–Trinajstić information content (AvgIpc) is 3.43. The number of halogens is 1. The van der Waals surface area contributed by atoms with Gasteiger partial charge in [-0.15, -0.1) is 0 Å². The molecule has 1 aliphatic heterocycles. The van der Waals surface area contributed by atoms with E-state index < -0.39 is 0 Å². The normalized spacial score (nSPS) is 13.9. The number of benzene rings is 3. The predicted molar refractivity (Wildman–Crippen MR) is 157 cm³/mol. The molecule has 0 saturated carbocycles.